The molecule has 1 aliphatic rings. The molecule has 3 N–H and O–H groups in total. The van der Waals surface area contributed by atoms with Gasteiger partial charge in [-0.05, 0) is 48.2 Å². The molecule has 1 amide bonds. The number of carbonyl (C=O) groups excluding carboxylic acids is 1. The molecule has 3 unspecified atom stereocenters. The van der Waals surface area contributed by atoms with Crippen LogP contribution in [0.5, 0.6) is 5.75 Å². The second-order valence-corrected chi connectivity index (χ2v) is 8.92. The van der Waals surface area contributed by atoms with E-state index in [0.29, 0.717) is 26.1 Å². The first-order valence-corrected chi connectivity index (χ1v) is 12.1. The van der Waals surface area contributed by atoms with E-state index in [2.05, 4.69) is 11.8 Å². The van der Waals surface area contributed by atoms with Gasteiger partial charge in [0.25, 0.3) is 0 Å². The van der Waals surface area contributed by atoms with Crippen molar-refractivity contribution in [1.29, 1.82) is 0 Å². The SMILES string of the molecule is CCCCN(C(=O)CN1CC(c2ccc(OC)cc2)C(C(=O)O)C1CC)c1cccc(CN)c1. The van der Waals surface area contributed by atoms with E-state index in [1.807, 2.05) is 60.4 Å². The Bertz CT molecular complexity index is 963. The summed E-state index contributed by atoms with van der Waals surface area (Å²) in [7, 11) is 1.61. The highest BCUT2D eigenvalue weighted by atomic mass is 16.5. The van der Waals surface area contributed by atoms with Crippen molar-refractivity contribution in [3.63, 3.8) is 0 Å². The predicted octanol–water partition coefficient (Wildman–Crippen LogP) is 3.87. The van der Waals surface area contributed by atoms with Crippen molar-refractivity contribution in [3.05, 3.63) is 59.7 Å². The first-order valence-electron chi connectivity index (χ1n) is 12.1. The van der Waals surface area contributed by atoms with Crippen LogP contribution in [0.15, 0.2) is 48.5 Å². The van der Waals surface area contributed by atoms with E-state index < -0.39 is 11.9 Å². The Morgan fingerprint density at radius 2 is 1.91 bits per heavy atom. The Kier molecular flexibility index (Phi) is 9.07. The lowest BCUT2D eigenvalue weighted by atomic mass is 9.84. The van der Waals surface area contributed by atoms with E-state index in [9.17, 15) is 14.7 Å². The van der Waals surface area contributed by atoms with Gasteiger partial charge in [-0.3, -0.25) is 14.5 Å². The summed E-state index contributed by atoms with van der Waals surface area (Å²) in [6, 6.07) is 15.2. The molecule has 2 aromatic rings. The highest BCUT2D eigenvalue weighted by Gasteiger charge is 2.46. The highest BCUT2D eigenvalue weighted by Crippen LogP contribution is 2.39. The number of carboxylic acid groups (broad SMARTS) is 1. The monoisotopic (exact) mass is 467 g/mol. The average Bonchev–Trinajstić information content (AvgIpc) is 3.22. The van der Waals surface area contributed by atoms with Crippen LogP contribution in [0.1, 0.15) is 50.2 Å². The molecule has 7 nitrogen and oxygen atoms in total. The molecule has 0 radical (unpaired) electrons. The van der Waals surface area contributed by atoms with E-state index in [1.165, 1.54) is 0 Å². The molecule has 0 bridgehead atoms. The number of benzene rings is 2. The topological polar surface area (TPSA) is 96.1 Å². The van der Waals surface area contributed by atoms with Gasteiger partial charge in [0.1, 0.15) is 5.75 Å². The maximum absolute atomic E-state index is 13.6. The second kappa shape index (κ2) is 12.0. The molecular weight excluding hydrogens is 430 g/mol. The second-order valence-electron chi connectivity index (χ2n) is 8.92. The van der Waals surface area contributed by atoms with Gasteiger partial charge in [-0.2, -0.15) is 0 Å². The van der Waals surface area contributed by atoms with Gasteiger partial charge in [-0.15, -0.1) is 0 Å². The number of rotatable bonds is 11. The zero-order chi connectivity index (χ0) is 24.7. The van der Waals surface area contributed by atoms with Gasteiger partial charge in [-0.1, -0.05) is 44.5 Å². The van der Waals surface area contributed by atoms with Gasteiger partial charge < -0.3 is 20.5 Å². The molecule has 3 atom stereocenters. The van der Waals surface area contributed by atoms with Crippen LogP contribution in [0.25, 0.3) is 0 Å². The van der Waals surface area contributed by atoms with Gasteiger partial charge in [0.15, 0.2) is 0 Å². The third-order valence-electron chi connectivity index (χ3n) is 6.83. The van der Waals surface area contributed by atoms with Crippen molar-refractivity contribution in [2.75, 3.05) is 31.6 Å². The van der Waals surface area contributed by atoms with E-state index in [1.54, 1.807) is 7.11 Å². The third-order valence-corrected chi connectivity index (χ3v) is 6.83. The fourth-order valence-electron chi connectivity index (χ4n) is 5.02. The summed E-state index contributed by atoms with van der Waals surface area (Å²) in [4.78, 5) is 29.8. The van der Waals surface area contributed by atoms with Crippen LogP contribution in [-0.4, -0.2) is 54.7 Å². The van der Waals surface area contributed by atoms with Crippen LogP contribution in [0.3, 0.4) is 0 Å². The smallest absolute Gasteiger partial charge is 0.308 e. The summed E-state index contributed by atoms with van der Waals surface area (Å²) in [5.41, 5.74) is 8.60. The van der Waals surface area contributed by atoms with Crippen molar-refractivity contribution in [1.82, 2.24) is 4.90 Å². The van der Waals surface area contributed by atoms with E-state index >= 15 is 0 Å². The Labute approximate surface area is 202 Å². The van der Waals surface area contributed by atoms with Gasteiger partial charge in [-0.25, -0.2) is 0 Å². The molecule has 7 heteroatoms. The largest absolute Gasteiger partial charge is 0.497 e. The highest BCUT2D eigenvalue weighted by molar-refractivity contribution is 5.95. The number of aliphatic carboxylic acids is 1. The summed E-state index contributed by atoms with van der Waals surface area (Å²) in [6.07, 6.45) is 2.53. The zero-order valence-corrected chi connectivity index (χ0v) is 20.4. The third kappa shape index (κ3) is 5.77. The molecule has 0 aromatic heterocycles. The number of nitrogens with two attached hydrogens (primary N) is 1. The minimum atomic E-state index is -0.818. The lowest BCUT2D eigenvalue weighted by Crippen LogP contribution is -2.44. The molecule has 3 rings (SSSR count). The minimum Gasteiger partial charge on any atom is -0.497 e. The zero-order valence-electron chi connectivity index (χ0n) is 20.4. The summed E-state index contributed by atoms with van der Waals surface area (Å²) in [5.74, 6) is -0.859. The summed E-state index contributed by atoms with van der Waals surface area (Å²) in [5, 5.41) is 10.1. The number of hydrogen-bond acceptors (Lipinski definition) is 5. The lowest BCUT2D eigenvalue weighted by molar-refractivity contribution is -0.143. The van der Waals surface area contributed by atoms with Crippen molar-refractivity contribution >= 4 is 17.6 Å². The van der Waals surface area contributed by atoms with Crippen LogP contribution in [-0.2, 0) is 16.1 Å². The van der Waals surface area contributed by atoms with Crippen LogP contribution < -0.4 is 15.4 Å². The Morgan fingerprint density at radius 3 is 2.50 bits per heavy atom. The summed E-state index contributed by atoms with van der Waals surface area (Å²) < 4.78 is 5.25. The summed E-state index contributed by atoms with van der Waals surface area (Å²) in [6.45, 7) is 5.84. The molecule has 1 fully saturated rings. The van der Waals surface area contributed by atoms with Crippen molar-refractivity contribution in [2.45, 2.75) is 51.6 Å². The molecule has 1 heterocycles. The molecule has 0 aliphatic carbocycles. The average molecular weight is 468 g/mol. The van der Waals surface area contributed by atoms with Gasteiger partial charge in [0.05, 0.1) is 19.6 Å². The fraction of sp³-hybridized carbons (Fsp3) is 0.481. The van der Waals surface area contributed by atoms with Crippen LogP contribution in [0.2, 0.25) is 0 Å². The number of carboxylic acids is 1. The lowest BCUT2D eigenvalue weighted by Gasteiger charge is -2.29. The van der Waals surface area contributed by atoms with Crippen molar-refractivity contribution < 1.29 is 19.4 Å². The fourth-order valence-corrected chi connectivity index (χ4v) is 5.02. The number of carbonyl (C=O) groups is 2. The number of likely N-dealkylation sites (tertiary alicyclic amines) is 1. The molecular formula is C27H37N3O4. The van der Waals surface area contributed by atoms with Crippen LogP contribution in [0.4, 0.5) is 5.69 Å². The number of methoxy groups -OCH3 is 1. The van der Waals surface area contributed by atoms with Gasteiger partial charge in [0, 0.05) is 37.3 Å². The number of nitrogens with zero attached hydrogens (tertiary/aromatic N) is 2. The van der Waals surface area contributed by atoms with Gasteiger partial charge in [0.2, 0.25) is 5.91 Å². The molecule has 0 spiro atoms. The number of anilines is 1. The number of unbranched alkanes of at least 4 members (excludes halogenated alkanes) is 1. The molecule has 2 aromatic carbocycles. The quantitative estimate of drug-likeness (QED) is 0.521. The van der Waals surface area contributed by atoms with Crippen molar-refractivity contribution in [3.8, 4) is 5.75 Å². The molecule has 1 aliphatic heterocycles. The first-order chi connectivity index (χ1) is 16.4. The first kappa shape index (κ1) is 25.7. The Hall–Kier alpha value is -2.90. The van der Waals surface area contributed by atoms with Crippen LogP contribution >= 0.6 is 0 Å². The Balaban J connectivity index is 1.85. The predicted molar refractivity (Wildman–Crippen MR) is 134 cm³/mol. The number of hydrogen-bond donors (Lipinski definition) is 2. The summed E-state index contributed by atoms with van der Waals surface area (Å²) >= 11 is 0. The van der Waals surface area contributed by atoms with E-state index in [0.717, 1.165) is 35.4 Å². The van der Waals surface area contributed by atoms with Crippen molar-refractivity contribution in [2.24, 2.45) is 11.7 Å². The number of ether oxygens (including phenoxy) is 1. The number of amides is 1. The van der Waals surface area contributed by atoms with Gasteiger partial charge >= 0.3 is 5.97 Å². The van der Waals surface area contributed by atoms with E-state index in [4.69, 9.17) is 10.5 Å². The molecule has 34 heavy (non-hydrogen) atoms. The minimum absolute atomic E-state index is 0.0133. The Morgan fingerprint density at radius 1 is 1.18 bits per heavy atom. The van der Waals surface area contributed by atoms with Crippen LogP contribution in [0, 0.1) is 5.92 Å². The maximum Gasteiger partial charge on any atom is 0.308 e. The standard InChI is InChI=1S/C27H37N3O4/c1-4-6-14-30(21-9-7-8-19(15-21)16-28)25(31)18-29-17-23(26(27(32)33)24(29)5-2)20-10-12-22(34-3)13-11-20/h7-13,15,23-24,26H,4-6,14,16-18,28H2,1-3H3,(H,32,33). The molecule has 1 saturated heterocycles. The normalized spacial score (nSPS) is 20.3. The molecule has 184 valence electrons. The molecule has 0 saturated carbocycles. The van der Waals surface area contributed by atoms with E-state index in [-0.39, 0.29) is 24.4 Å². The maximum atomic E-state index is 13.6.